The van der Waals surface area contributed by atoms with E-state index in [1.165, 1.54) is 24.2 Å². The molecule has 0 saturated carbocycles. The van der Waals surface area contributed by atoms with Gasteiger partial charge in [-0.05, 0) is 25.7 Å². The summed E-state index contributed by atoms with van der Waals surface area (Å²) in [6.07, 6.45) is 6.32. The molecule has 0 unspecified atom stereocenters. The van der Waals surface area contributed by atoms with Crippen molar-refractivity contribution in [3.8, 4) is 5.82 Å². The van der Waals surface area contributed by atoms with Crippen LogP contribution in [0.15, 0.2) is 12.4 Å². The van der Waals surface area contributed by atoms with Crippen LogP contribution in [0.3, 0.4) is 0 Å². The summed E-state index contributed by atoms with van der Waals surface area (Å²) in [7, 11) is 1.61. The van der Waals surface area contributed by atoms with E-state index in [0.29, 0.717) is 17.6 Å². The fourth-order valence-electron chi connectivity index (χ4n) is 2.44. The van der Waals surface area contributed by atoms with Gasteiger partial charge in [0.2, 0.25) is 0 Å². The Labute approximate surface area is 116 Å². The van der Waals surface area contributed by atoms with Crippen LogP contribution in [0.4, 0.5) is 0 Å². The van der Waals surface area contributed by atoms with Crippen molar-refractivity contribution in [2.75, 3.05) is 7.11 Å². The molecule has 5 nitrogen and oxygen atoms in total. The maximum Gasteiger partial charge on any atom is 0.158 e. The minimum atomic E-state index is 0.352. The molecule has 0 amide bonds. The quantitative estimate of drug-likeness (QED) is 0.809. The van der Waals surface area contributed by atoms with Crippen molar-refractivity contribution in [3.63, 3.8) is 0 Å². The highest BCUT2D eigenvalue weighted by molar-refractivity contribution is 6.29. The molecule has 0 radical (unpaired) electrons. The van der Waals surface area contributed by atoms with Gasteiger partial charge in [-0.25, -0.2) is 15.0 Å². The van der Waals surface area contributed by atoms with Crippen LogP contribution in [0.1, 0.15) is 30.1 Å². The number of aromatic nitrogens is 4. The second kappa shape index (κ2) is 5.27. The molecule has 0 bridgehead atoms. The minimum absolute atomic E-state index is 0.352. The number of aryl methyl sites for hydroxylation is 1. The van der Waals surface area contributed by atoms with Crippen molar-refractivity contribution in [1.29, 1.82) is 0 Å². The van der Waals surface area contributed by atoms with E-state index in [0.717, 1.165) is 18.7 Å². The van der Waals surface area contributed by atoms with Crippen molar-refractivity contribution < 1.29 is 4.74 Å². The molecule has 0 N–H and O–H groups in total. The minimum Gasteiger partial charge on any atom is -0.377 e. The van der Waals surface area contributed by atoms with E-state index in [2.05, 4.69) is 15.0 Å². The molecule has 1 aliphatic rings. The van der Waals surface area contributed by atoms with Crippen LogP contribution in [0.2, 0.25) is 5.15 Å². The Morgan fingerprint density at radius 3 is 3.00 bits per heavy atom. The Morgan fingerprint density at radius 2 is 2.16 bits per heavy atom. The fourth-order valence-corrected chi connectivity index (χ4v) is 2.63. The molecule has 19 heavy (non-hydrogen) atoms. The third-order valence-electron chi connectivity index (χ3n) is 3.28. The summed E-state index contributed by atoms with van der Waals surface area (Å²) in [4.78, 5) is 13.1. The number of hydrogen-bond donors (Lipinski definition) is 0. The average Bonchev–Trinajstić information content (AvgIpc) is 2.82. The zero-order valence-electron chi connectivity index (χ0n) is 10.8. The Kier molecular flexibility index (Phi) is 3.48. The zero-order chi connectivity index (χ0) is 13.2. The van der Waals surface area contributed by atoms with Gasteiger partial charge in [0.25, 0.3) is 0 Å². The Balaban J connectivity index is 2.04. The summed E-state index contributed by atoms with van der Waals surface area (Å²) >= 11 is 6.05. The van der Waals surface area contributed by atoms with Crippen molar-refractivity contribution in [2.45, 2.75) is 32.3 Å². The van der Waals surface area contributed by atoms with Crippen LogP contribution in [-0.4, -0.2) is 26.6 Å². The van der Waals surface area contributed by atoms with Gasteiger partial charge in [0, 0.05) is 18.9 Å². The summed E-state index contributed by atoms with van der Waals surface area (Å²) in [5.41, 5.74) is 2.42. The molecule has 6 heteroatoms. The van der Waals surface area contributed by atoms with Gasteiger partial charge >= 0.3 is 0 Å². The monoisotopic (exact) mass is 278 g/mol. The Morgan fingerprint density at radius 1 is 1.32 bits per heavy atom. The summed E-state index contributed by atoms with van der Waals surface area (Å²) in [6, 6.07) is 1.76. The zero-order valence-corrected chi connectivity index (χ0v) is 11.5. The summed E-state index contributed by atoms with van der Waals surface area (Å²) < 4.78 is 7.07. The number of nitrogens with zero attached hydrogens (tertiary/aromatic N) is 4. The molecular formula is C13H15ClN4O. The van der Waals surface area contributed by atoms with E-state index in [1.54, 1.807) is 13.2 Å². The highest BCUT2D eigenvalue weighted by Crippen LogP contribution is 2.23. The van der Waals surface area contributed by atoms with Gasteiger partial charge in [-0.15, -0.1) is 0 Å². The van der Waals surface area contributed by atoms with Gasteiger partial charge < -0.3 is 4.74 Å². The molecule has 0 spiro atoms. The van der Waals surface area contributed by atoms with Crippen LogP contribution >= 0.6 is 11.6 Å². The molecule has 2 heterocycles. The first-order valence-electron chi connectivity index (χ1n) is 6.36. The van der Waals surface area contributed by atoms with E-state index < -0.39 is 0 Å². The number of ether oxygens (including phenoxy) is 1. The van der Waals surface area contributed by atoms with Crippen molar-refractivity contribution in [1.82, 2.24) is 19.5 Å². The van der Waals surface area contributed by atoms with Crippen LogP contribution < -0.4 is 0 Å². The third kappa shape index (κ3) is 2.48. The standard InChI is InChI=1S/C13H15ClN4O/c1-19-7-12-16-11(14)6-13(17-12)18-8-15-9-4-2-3-5-10(9)18/h6,8H,2-5,7H2,1H3. The van der Waals surface area contributed by atoms with Crippen LogP contribution in [0.25, 0.3) is 5.82 Å². The topological polar surface area (TPSA) is 52.8 Å². The number of hydrogen-bond acceptors (Lipinski definition) is 4. The molecule has 0 aliphatic heterocycles. The first-order chi connectivity index (χ1) is 9.28. The molecule has 0 aromatic carbocycles. The van der Waals surface area contributed by atoms with Gasteiger partial charge in [-0.2, -0.15) is 0 Å². The lowest BCUT2D eigenvalue weighted by Crippen LogP contribution is -2.09. The lowest BCUT2D eigenvalue weighted by atomic mass is 10.0. The third-order valence-corrected chi connectivity index (χ3v) is 3.47. The number of rotatable bonds is 3. The maximum atomic E-state index is 6.05. The van der Waals surface area contributed by atoms with Crippen LogP contribution in [0.5, 0.6) is 0 Å². The molecule has 0 atom stereocenters. The Bertz CT molecular complexity index is 596. The van der Waals surface area contributed by atoms with E-state index in [1.807, 2.05) is 10.9 Å². The fraction of sp³-hybridized carbons (Fsp3) is 0.462. The molecule has 0 fully saturated rings. The molecule has 0 saturated heterocycles. The number of imidazole rings is 1. The van der Waals surface area contributed by atoms with Gasteiger partial charge in [-0.3, -0.25) is 4.57 Å². The van der Waals surface area contributed by atoms with Crippen molar-refractivity contribution >= 4 is 11.6 Å². The maximum absolute atomic E-state index is 6.05. The molecule has 1 aliphatic carbocycles. The first kappa shape index (κ1) is 12.6. The normalized spacial score (nSPS) is 14.4. The van der Waals surface area contributed by atoms with Gasteiger partial charge in [0.1, 0.15) is 23.9 Å². The first-order valence-corrected chi connectivity index (χ1v) is 6.73. The molecule has 2 aromatic rings. The smallest absolute Gasteiger partial charge is 0.158 e. The number of halogens is 1. The molecule has 3 rings (SSSR count). The van der Waals surface area contributed by atoms with Gasteiger partial charge in [-0.1, -0.05) is 11.6 Å². The van der Waals surface area contributed by atoms with Crippen LogP contribution in [-0.2, 0) is 24.2 Å². The average molecular weight is 279 g/mol. The van der Waals surface area contributed by atoms with Crippen LogP contribution in [0, 0.1) is 0 Å². The molecule has 2 aromatic heterocycles. The van der Waals surface area contributed by atoms with E-state index in [9.17, 15) is 0 Å². The highest BCUT2D eigenvalue weighted by Gasteiger charge is 2.17. The number of methoxy groups -OCH3 is 1. The lowest BCUT2D eigenvalue weighted by Gasteiger charge is -2.14. The van der Waals surface area contributed by atoms with E-state index in [4.69, 9.17) is 16.3 Å². The summed E-state index contributed by atoms with van der Waals surface area (Å²) in [5.74, 6) is 1.35. The predicted molar refractivity (Wildman–Crippen MR) is 71.5 cm³/mol. The van der Waals surface area contributed by atoms with Gasteiger partial charge in [0.15, 0.2) is 5.82 Å². The Hall–Kier alpha value is -1.46. The molecular weight excluding hydrogens is 264 g/mol. The van der Waals surface area contributed by atoms with E-state index in [-0.39, 0.29) is 0 Å². The SMILES string of the molecule is COCc1nc(Cl)cc(-n2cnc3c2CCCC3)n1. The highest BCUT2D eigenvalue weighted by atomic mass is 35.5. The largest absolute Gasteiger partial charge is 0.377 e. The van der Waals surface area contributed by atoms with Crippen molar-refractivity contribution in [2.24, 2.45) is 0 Å². The summed E-state index contributed by atoms with van der Waals surface area (Å²) in [6.45, 7) is 0.352. The van der Waals surface area contributed by atoms with E-state index >= 15 is 0 Å². The predicted octanol–water partition coefficient (Wildman–Crippen LogP) is 2.34. The number of fused-ring (bicyclic) bond motifs is 1. The van der Waals surface area contributed by atoms with Crippen molar-refractivity contribution in [3.05, 3.63) is 34.8 Å². The second-order valence-corrected chi connectivity index (χ2v) is 5.00. The molecule has 100 valence electrons. The lowest BCUT2D eigenvalue weighted by molar-refractivity contribution is 0.177. The second-order valence-electron chi connectivity index (χ2n) is 4.61. The summed E-state index contributed by atoms with van der Waals surface area (Å²) in [5, 5.41) is 0.426. The van der Waals surface area contributed by atoms with Gasteiger partial charge in [0.05, 0.1) is 5.69 Å².